The zero-order valence-corrected chi connectivity index (χ0v) is 22.6. The van der Waals surface area contributed by atoms with Crippen LogP contribution in [0, 0.1) is 14.4 Å². The summed E-state index contributed by atoms with van der Waals surface area (Å²) in [5.74, 6) is 2.47. The Hall–Kier alpha value is -1.83. The molecular weight excluding hydrogens is 531 g/mol. The van der Waals surface area contributed by atoms with Crippen molar-refractivity contribution in [2.45, 2.75) is 72.6 Å². The van der Waals surface area contributed by atoms with Crippen LogP contribution in [0.4, 0.5) is 0 Å². The van der Waals surface area contributed by atoms with Crippen LogP contribution in [0.1, 0.15) is 78.2 Å². The van der Waals surface area contributed by atoms with E-state index in [0.717, 1.165) is 27.1 Å². The smallest absolute Gasteiger partial charge is 0.174 e. The van der Waals surface area contributed by atoms with E-state index < -0.39 is 5.92 Å². The number of hydrogen-bond acceptors (Lipinski definition) is 5. The quantitative estimate of drug-likeness (QED) is 0.383. The number of methoxy groups -OCH3 is 1. The van der Waals surface area contributed by atoms with E-state index in [9.17, 15) is 9.59 Å². The molecule has 0 bridgehead atoms. The number of allylic oxidation sites excluding steroid dienone is 4. The molecule has 0 spiro atoms. The molecule has 0 radical (unpaired) electrons. The highest BCUT2D eigenvalue weighted by molar-refractivity contribution is 14.1. The number of Topliss-reactive ketones (excluding diaryl/α,β-unsaturated/α-hetero) is 2. The second-order valence-corrected chi connectivity index (χ2v) is 12.1. The number of hydrogen-bond donors (Lipinski definition) is 0. The minimum absolute atomic E-state index is 0.0655. The Balaban J connectivity index is 1.91. The summed E-state index contributed by atoms with van der Waals surface area (Å²) in [7, 11) is 1.62. The number of ketones is 2. The van der Waals surface area contributed by atoms with E-state index >= 15 is 0 Å². The molecule has 0 N–H and O–H groups in total. The number of benzene rings is 1. The van der Waals surface area contributed by atoms with E-state index in [4.69, 9.17) is 14.2 Å². The lowest BCUT2D eigenvalue weighted by atomic mass is 9.65. The van der Waals surface area contributed by atoms with Crippen molar-refractivity contribution in [3.05, 3.63) is 43.9 Å². The Morgan fingerprint density at radius 3 is 2.00 bits per heavy atom. The van der Waals surface area contributed by atoms with Crippen LogP contribution in [-0.4, -0.2) is 25.3 Å². The van der Waals surface area contributed by atoms with Crippen LogP contribution in [-0.2, 0) is 14.3 Å². The van der Waals surface area contributed by atoms with Crippen LogP contribution < -0.4 is 9.47 Å². The van der Waals surface area contributed by atoms with Crippen LogP contribution in [0.15, 0.2) is 34.8 Å². The first-order valence-electron chi connectivity index (χ1n) is 11.7. The third kappa shape index (κ3) is 4.60. The van der Waals surface area contributed by atoms with Crippen molar-refractivity contribution in [2.75, 3.05) is 13.7 Å². The third-order valence-electron chi connectivity index (χ3n) is 6.62. The molecule has 5 nitrogen and oxygen atoms in total. The molecule has 4 rings (SSSR count). The molecule has 0 saturated carbocycles. The van der Waals surface area contributed by atoms with E-state index in [-0.39, 0.29) is 22.4 Å². The number of carbonyl (C=O) groups excluding carboxylic acids is 2. The van der Waals surface area contributed by atoms with Gasteiger partial charge in [-0.3, -0.25) is 9.59 Å². The van der Waals surface area contributed by atoms with Gasteiger partial charge in [0.15, 0.2) is 23.1 Å². The Bertz CT molecular complexity index is 1020. The van der Waals surface area contributed by atoms with Crippen molar-refractivity contribution in [2.24, 2.45) is 10.8 Å². The van der Waals surface area contributed by atoms with Crippen LogP contribution in [0.3, 0.4) is 0 Å². The van der Waals surface area contributed by atoms with Crippen molar-refractivity contribution in [1.29, 1.82) is 0 Å². The molecule has 0 atom stereocenters. The van der Waals surface area contributed by atoms with Gasteiger partial charge in [0.1, 0.15) is 11.5 Å². The first-order valence-corrected chi connectivity index (χ1v) is 12.7. The zero-order valence-electron chi connectivity index (χ0n) is 20.4. The number of carbonyl (C=O) groups is 2. The Morgan fingerprint density at radius 1 is 0.970 bits per heavy atom. The van der Waals surface area contributed by atoms with Gasteiger partial charge in [0.05, 0.1) is 17.3 Å². The van der Waals surface area contributed by atoms with Crippen LogP contribution in [0.5, 0.6) is 11.5 Å². The fraction of sp³-hybridized carbons (Fsp3) is 0.556. The number of rotatable bonds is 5. The average molecular weight is 564 g/mol. The molecule has 6 heteroatoms. The maximum Gasteiger partial charge on any atom is 0.174 e. The molecule has 0 aromatic heterocycles. The third-order valence-corrected chi connectivity index (χ3v) is 7.42. The van der Waals surface area contributed by atoms with Crippen LogP contribution in [0.2, 0.25) is 0 Å². The molecule has 0 saturated heterocycles. The molecule has 2 aliphatic carbocycles. The van der Waals surface area contributed by atoms with Gasteiger partial charge in [-0.2, -0.15) is 0 Å². The van der Waals surface area contributed by atoms with E-state index in [0.29, 0.717) is 54.9 Å². The maximum absolute atomic E-state index is 13.5. The molecule has 0 fully saturated rings. The molecule has 1 aliphatic heterocycles. The van der Waals surface area contributed by atoms with Crippen molar-refractivity contribution >= 4 is 34.2 Å². The number of halogens is 1. The van der Waals surface area contributed by atoms with Crippen molar-refractivity contribution in [1.82, 2.24) is 0 Å². The van der Waals surface area contributed by atoms with E-state index in [1.165, 1.54) is 0 Å². The summed E-state index contributed by atoms with van der Waals surface area (Å²) in [5.41, 5.74) is 1.82. The Morgan fingerprint density at radius 2 is 1.52 bits per heavy atom. The van der Waals surface area contributed by atoms with Gasteiger partial charge in [-0.15, -0.1) is 0 Å². The van der Waals surface area contributed by atoms with Crippen molar-refractivity contribution < 1.29 is 23.8 Å². The lowest BCUT2D eigenvalue weighted by Crippen LogP contribution is -2.37. The summed E-state index contributed by atoms with van der Waals surface area (Å²) < 4.78 is 18.9. The molecule has 1 aromatic rings. The summed E-state index contributed by atoms with van der Waals surface area (Å²) in [6, 6.07) is 3.96. The lowest BCUT2D eigenvalue weighted by molar-refractivity contribution is -0.120. The summed E-state index contributed by atoms with van der Waals surface area (Å²) in [5, 5.41) is 0. The molecule has 178 valence electrons. The molecule has 1 heterocycles. The second kappa shape index (κ2) is 8.75. The van der Waals surface area contributed by atoms with Gasteiger partial charge in [-0.25, -0.2) is 0 Å². The van der Waals surface area contributed by atoms with Gasteiger partial charge < -0.3 is 14.2 Å². The topological polar surface area (TPSA) is 61.8 Å². The highest BCUT2D eigenvalue weighted by Crippen LogP contribution is 2.54. The summed E-state index contributed by atoms with van der Waals surface area (Å²) in [4.78, 5) is 26.9. The molecule has 3 aliphatic rings. The zero-order chi connectivity index (χ0) is 24.1. The monoisotopic (exact) mass is 564 g/mol. The first kappa shape index (κ1) is 24.3. The van der Waals surface area contributed by atoms with Gasteiger partial charge in [0.25, 0.3) is 0 Å². The molecule has 0 unspecified atom stereocenters. The van der Waals surface area contributed by atoms with Crippen LogP contribution >= 0.6 is 22.6 Å². The first-order chi connectivity index (χ1) is 15.5. The van der Waals surface area contributed by atoms with Gasteiger partial charge >= 0.3 is 0 Å². The molecular formula is C27H33IO5. The normalized spacial score (nSPS) is 22.0. The summed E-state index contributed by atoms with van der Waals surface area (Å²) in [6.07, 6.45) is 3.14. The summed E-state index contributed by atoms with van der Waals surface area (Å²) in [6.45, 7) is 11.0. The minimum Gasteiger partial charge on any atom is -0.493 e. The van der Waals surface area contributed by atoms with Crippen LogP contribution in [0.25, 0.3) is 0 Å². The van der Waals surface area contributed by atoms with E-state index in [2.05, 4.69) is 57.2 Å². The molecule has 33 heavy (non-hydrogen) atoms. The predicted octanol–water partition coefficient (Wildman–Crippen LogP) is 6.49. The Kier molecular flexibility index (Phi) is 6.44. The number of ether oxygens (including phenoxy) is 3. The van der Waals surface area contributed by atoms with E-state index in [1.54, 1.807) is 7.11 Å². The Labute approximate surface area is 210 Å². The van der Waals surface area contributed by atoms with Crippen molar-refractivity contribution in [3.8, 4) is 11.5 Å². The summed E-state index contributed by atoms with van der Waals surface area (Å²) >= 11 is 2.25. The highest BCUT2D eigenvalue weighted by Gasteiger charge is 2.48. The fourth-order valence-corrected chi connectivity index (χ4v) is 6.04. The van der Waals surface area contributed by atoms with Gasteiger partial charge in [-0.1, -0.05) is 34.6 Å². The highest BCUT2D eigenvalue weighted by atomic mass is 127. The second-order valence-electron chi connectivity index (χ2n) is 11.0. The average Bonchev–Trinajstić information content (AvgIpc) is 2.68. The SMILES string of the molecule is CCCOc1c(I)cc(C2C3=C(CC(C)(C)CC3=O)OC3=C2C(=O)CC(C)(C)C3)cc1OC. The predicted molar refractivity (Wildman–Crippen MR) is 135 cm³/mol. The lowest BCUT2D eigenvalue weighted by Gasteiger charge is -2.42. The van der Waals surface area contributed by atoms with Gasteiger partial charge in [-0.05, 0) is 57.5 Å². The van der Waals surface area contributed by atoms with E-state index in [1.807, 2.05) is 12.1 Å². The fourth-order valence-electron chi connectivity index (χ4n) is 5.26. The molecule has 0 amide bonds. The standard InChI is InChI=1S/C27H33IO5/c1-7-8-32-25-16(28)9-15(10-19(25)31-6)22-23-17(29)11-26(2,3)13-20(23)33-21-14-27(4,5)12-18(30)24(21)22/h9-10,22H,7-8,11-14H2,1-6H3. The minimum atomic E-state index is -0.432. The largest absolute Gasteiger partial charge is 0.493 e. The van der Waals surface area contributed by atoms with Crippen molar-refractivity contribution in [3.63, 3.8) is 0 Å². The maximum atomic E-state index is 13.5. The van der Waals surface area contributed by atoms with Gasteiger partial charge in [0, 0.05) is 42.7 Å². The molecule has 1 aromatic carbocycles. The van der Waals surface area contributed by atoms with Gasteiger partial charge in [0.2, 0.25) is 0 Å².